The zero-order valence-electron chi connectivity index (χ0n) is 21.0. The number of thiophene rings is 1. The second-order valence-corrected chi connectivity index (χ2v) is 9.03. The van der Waals surface area contributed by atoms with Crippen LogP contribution < -0.4 is 14.8 Å². The van der Waals surface area contributed by atoms with Crippen molar-refractivity contribution in [1.29, 1.82) is 0 Å². The van der Waals surface area contributed by atoms with E-state index in [2.05, 4.69) is 5.32 Å². The monoisotopic (exact) mass is 514 g/mol. The summed E-state index contributed by atoms with van der Waals surface area (Å²) in [7, 11) is 3.24. The molecule has 2 heterocycles. The first kappa shape index (κ1) is 26.8. The molecule has 0 spiro atoms. The van der Waals surface area contributed by atoms with Crippen LogP contribution in [0, 0.1) is 6.92 Å². The number of nitrogens with zero attached hydrogens (tertiary/aromatic N) is 1. The number of anilines is 1. The first-order valence-electron chi connectivity index (χ1n) is 11.5. The highest BCUT2D eigenvalue weighted by molar-refractivity contribution is 7.18. The van der Waals surface area contributed by atoms with E-state index < -0.39 is 11.9 Å². The number of esters is 1. The maximum absolute atomic E-state index is 12.9. The van der Waals surface area contributed by atoms with Crippen LogP contribution in [0.1, 0.15) is 62.2 Å². The van der Waals surface area contributed by atoms with Crippen LogP contribution in [0.25, 0.3) is 0 Å². The number of ether oxygens (including phenoxy) is 3. The standard InChI is InChI=1S/C26H30N2O7S/c1-6-14-33-26(31)21-16(3)22(25(30)28(4)5)36-24(21)27-23(29)20-13-12-19(35-20)15-34-18-10-8-17(9-11-18)32-7-2/h8-13H,6-7,14-15H2,1-5H3,(H,27,29). The summed E-state index contributed by atoms with van der Waals surface area (Å²) >= 11 is 1.03. The van der Waals surface area contributed by atoms with E-state index in [4.69, 9.17) is 18.6 Å². The minimum absolute atomic E-state index is 0.0414. The van der Waals surface area contributed by atoms with Crippen LogP contribution in [0.2, 0.25) is 0 Å². The third-order valence-corrected chi connectivity index (χ3v) is 6.21. The Morgan fingerprint density at radius 2 is 1.67 bits per heavy atom. The van der Waals surface area contributed by atoms with Crippen molar-refractivity contribution in [2.45, 2.75) is 33.8 Å². The molecular formula is C26H30N2O7S. The van der Waals surface area contributed by atoms with Gasteiger partial charge in [-0.1, -0.05) is 6.92 Å². The lowest BCUT2D eigenvalue weighted by molar-refractivity contribution is 0.0506. The zero-order chi connectivity index (χ0) is 26.2. The van der Waals surface area contributed by atoms with Crippen molar-refractivity contribution in [3.05, 3.63) is 63.9 Å². The van der Waals surface area contributed by atoms with Gasteiger partial charge in [-0.2, -0.15) is 0 Å². The third kappa shape index (κ3) is 6.45. The minimum Gasteiger partial charge on any atom is -0.494 e. The first-order chi connectivity index (χ1) is 17.2. The Hall–Kier alpha value is -3.79. The lowest BCUT2D eigenvalue weighted by Crippen LogP contribution is -2.21. The van der Waals surface area contributed by atoms with E-state index in [0.29, 0.717) is 35.0 Å². The molecule has 36 heavy (non-hydrogen) atoms. The number of rotatable bonds is 11. The number of amides is 2. The molecule has 0 unspecified atom stereocenters. The smallest absolute Gasteiger partial charge is 0.341 e. The minimum atomic E-state index is -0.595. The van der Waals surface area contributed by atoms with Crippen LogP contribution in [0.3, 0.4) is 0 Å². The molecule has 1 aromatic carbocycles. The van der Waals surface area contributed by atoms with Gasteiger partial charge in [0.1, 0.15) is 28.9 Å². The molecule has 2 aromatic heterocycles. The van der Waals surface area contributed by atoms with Gasteiger partial charge >= 0.3 is 5.97 Å². The topological polar surface area (TPSA) is 107 Å². The van der Waals surface area contributed by atoms with Crippen molar-refractivity contribution in [3.63, 3.8) is 0 Å². The van der Waals surface area contributed by atoms with Gasteiger partial charge in [0, 0.05) is 14.1 Å². The fourth-order valence-electron chi connectivity index (χ4n) is 3.22. The van der Waals surface area contributed by atoms with E-state index in [1.54, 1.807) is 51.4 Å². The van der Waals surface area contributed by atoms with Gasteiger partial charge < -0.3 is 28.8 Å². The molecule has 0 bridgehead atoms. The summed E-state index contributed by atoms with van der Waals surface area (Å²) in [6.45, 7) is 6.39. The highest BCUT2D eigenvalue weighted by Crippen LogP contribution is 2.35. The predicted octanol–water partition coefficient (Wildman–Crippen LogP) is 5.15. The summed E-state index contributed by atoms with van der Waals surface area (Å²) in [6.07, 6.45) is 0.647. The Kier molecular flexibility index (Phi) is 9.13. The van der Waals surface area contributed by atoms with Crippen LogP contribution >= 0.6 is 11.3 Å². The average molecular weight is 515 g/mol. The molecule has 3 aromatic rings. The van der Waals surface area contributed by atoms with E-state index in [9.17, 15) is 14.4 Å². The fraction of sp³-hybridized carbons (Fsp3) is 0.346. The Labute approximate surface area is 213 Å². The van der Waals surface area contributed by atoms with Crippen molar-refractivity contribution in [2.75, 3.05) is 32.6 Å². The first-order valence-corrected chi connectivity index (χ1v) is 12.3. The SMILES string of the molecule is CCCOC(=O)c1c(NC(=O)c2ccc(COc3ccc(OCC)cc3)o2)sc(C(=O)N(C)C)c1C. The molecule has 0 radical (unpaired) electrons. The third-order valence-electron chi connectivity index (χ3n) is 5.02. The quantitative estimate of drug-likeness (QED) is 0.353. The van der Waals surface area contributed by atoms with Crippen LogP contribution in [-0.2, 0) is 11.3 Å². The Balaban J connectivity index is 1.73. The van der Waals surface area contributed by atoms with Crippen molar-refractivity contribution >= 4 is 34.1 Å². The summed E-state index contributed by atoms with van der Waals surface area (Å²) in [4.78, 5) is 40.0. The number of hydrogen-bond donors (Lipinski definition) is 1. The van der Waals surface area contributed by atoms with Crippen molar-refractivity contribution in [3.8, 4) is 11.5 Å². The van der Waals surface area contributed by atoms with Gasteiger partial charge in [-0.3, -0.25) is 9.59 Å². The molecule has 0 atom stereocenters. The molecule has 1 N–H and O–H groups in total. The molecule has 0 fully saturated rings. The molecule has 192 valence electrons. The number of furan rings is 1. The van der Waals surface area contributed by atoms with Crippen molar-refractivity contribution in [1.82, 2.24) is 4.90 Å². The Morgan fingerprint density at radius 3 is 2.28 bits per heavy atom. The molecule has 2 amide bonds. The molecule has 0 saturated heterocycles. The maximum atomic E-state index is 12.9. The van der Waals surface area contributed by atoms with Crippen LogP contribution in [0.15, 0.2) is 40.8 Å². The summed E-state index contributed by atoms with van der Waals surface area (Å²) < 4.78 is 22.0. The summed E-state index contributed by atoms with van der Waals surface area (Å²) in [6, 6.07) is 10.3. The summed E-state index contributed by atoms with van der Waals surface area (Å²) in [5.74, 6) is 0.443. The largest absolute Gasteiger partial charge is 0.494 e. The van der Waals surface area contributed by atoms with Gasteiger partial charge in [0.05, 0.1) is 23.7 Å². The Morgan fingerprint density at radius 1 is 1.00 bits per heavy atom. The predicted molar refractivity (Wildman–Crippen MR) is 136 cm³/mol. The lowest BCUT2D eigenvalue weighted by Gasteiger charge is -2.09. The van der Waals surface area contributed by atoms with E-state index in [-0.39, 0.29) is 35.4 Å². The van der Waals surface area contributed by atoms with E-state index in [0.717, 1.165) is 17.1 Å². The number of carbonyl (C=O) groups is 3. The summed E-state index contributed by atoms with van der Waals surface area (Å²) in [5.41, 5.74) is 0.622. The van der Waals surface area contributed by atoms with Gasteiger partial charge in [-0.05, 0) is 62.2 Å². The molecule has 0 aliphatic heterocycles. The zero-order valence-corrected chi connectivity index (χ0v) is 21.8. The van der Waals surface area contributed by atoms with Gasteiger partial charge in [0.15, 0.2) is 5.76 Å². The molecule has 0 saturated carbocycles. The second-order valence-electron chi connectivity index (χ2n) is 8.01. The van der Waals surface area contributed by atoms with E-state index in [1.165, 1.54) is 11.0 Å². The number of benzene rings is 1. The van der Waals surface area contributed by atoms with Gasteiger partial charge in [0.25, 0.3) is 11.8 Å². The van der Waals surface area contributed by atoms with E-state index in [1.807, 2.05) is 13.8 Å². The van der Waals surface area contributed by atoms with Crippen LogP contribution in [0.4, 0.5) is 5.00 Å². The lowest BCUT2D eigenvalue weighted by atomic mass is 10.1. The van der Waals surface area contributed by atoms with Crippen molar-refractivity contribution in [2.24, 2.45) is 0 Å². The molecule has 10 heteroatoms. The Bertz CT molecular complexity index is 1210. The number of hydrogen-bond acceptors (Lipinski definition) is 8. The fourth-order valence-corrected chi connectivity index (χ4v) is 4.43. The van der Waals surface area contributed by atoms with Crippen LogP contribution in [0.5, 0.6) is 11.5 Å². The second kappa shape index (κ2) is 12.3. The summed E-state index contributed by atoms with van der Waals surface area (Å²) in [5, 5.41) is 2.93. The maximum Gasteiger partial charge on any atom is 0.341 e. The van der Waals surface area contributed by atoms with Gasteiger partial charge in [-0.25, -0.2) is 4.79 Å². The highest BCUT2D eigenvalue weighted by Gasteiger charge is 2.28. The molecular weight excluding hydrogens is 484 g/mol. The van der Waals surface area contributed by atoms with E-state index >= 15 is 0 Å². The molecule has 0 aliphatic carbocycles. The van der Waals surface area contributed by atoms with Gasteiger partial charge in [0.2, 0.25) is 0 Å². The highest BCUT2D eigenvalue weighted by atomic mass is 32.1. The molecule has 0 aliphatic rings. The van der Waals surface area contributed by atoms with Gasteiger partial charge in [-0.15, -0.1) is 11.3 Å². The van der Waals surface area contributed by atoms with Crippen LogP contribution in [-0.4, -0.2) is 50.0 Å². The van der Waals surface area contributed by atoms with Crippen molar-refractivity contribution < 1.29 is 33.0 Å². The molecule has 9 nitrogen and oxygen atoms in total. The normalized spacial score (nSPS) is 10.6. The average Bonchev–Trinajstić information content (AvgIpc) is 3.46. The molecule has 3 rings (SSSR count). The number of carbonyl (C=O) groups excluding carboxylic acids is 3. The number of nitrogens with one attached hydrogen (secondary N) is 1.